The summed E-state index contributed by atoms with van der Waals surface area (Å²) in [4.78, 5) is 13.1. The maximum absolute atomic E-state index is 12.1. The van der Waals surface area contributed by atoms with Gasteiger partial charge in [-0.25, -0.2) is 0 Å². The summed E-state index contributed by atoms with van der Waals surface area (Å²) >= 11 is 1.55. The first kappa shape index (κ1) is 14.3. The Labute approximate surface area is 119 Å². The van der Waals surface area contributed by atoms with Gasteiger partial charge in [-0.15, -0.1) is 11.8 Å². The highest BCUT2D eigenvalue weighted by molar-refractivity contribution is 8.00. The molecule has 0 saturated heterocycles. The molecule has 1 saturated carbocycles. The Morgan fingerprint density at radius 1 is 1.37 bits per heavy atom. The lowest BCUT2D eigenvalue weighted by Gasteiger charge is -2.17. The topological polar surface area (TPSA) is 38.3 Å². The van der Waals surface area contributed by atoms with Crippen molar-refractivity contribution in [2.75, 3.05) is 7.11 Å². The van der Waals surface area contributed by atoms with Crippen LogP contribution in [0.4, 0.5) is 0 Å². The van der Waals surface area contributed by atoms with Gasteiger partial charge >= 0.3 is 0 Å². The highest BCUT2D eigenvalue weighted by atomic mass is 32.2. The van der Waals surface area contributed by atoms with Crippen LogP contribution in [0.2, 0.25) is 0 Å². The third-order valence-electron chi connectivity index (χ3n) is 3.44. The average Bonchev–Trinajstić information content (AvgIpc) is 2.92. The van der Waals surface area contributed by atoms with E-state index in [0.29, 0.717) is 6.04 Å². The summed E-state index contributed by atoms with van der Waals surface area (Å²) in [6.45, 7) is 1.95. The molecule has 19 heavy (non-hydrogen) atoms. The van der Waals surface area contributed by atoms with Crippen molar-refractivity contribution in [3.8, 4) is 5.75 Å². The van der Waals surface area contributed by atoms with Gasteiger partial charge in [-0.05, 0) is 31.9 Å². The standard InChI is InChI=1S/C15H21NO2S/c1-11(15(17)16-12-7-3-4-8-12)19-14-10-6-5-9-13(14)18-2/h5-6,9-12H,3-4,7-8H2,1-2H3,(H,16,17). The van der Waals surface area contributed by atoms with E-state index in [4.69, 9.17) is 4.74 Å². The van der Waals surface area contributed by atoms with Gasteiger partial charge in [0.1, 0.15) is 5.75 Å². The molecule has 0 heterocycles. The fourth-order valence-corrected chi connectivity index (χ4v) is 3.33. The molecule has 0 bridgehead atoms. The van der Waals surface area contributed by atoms with Gasteiger partial charge in [0, 0.05) is 6.04 Å². The van der Waals surface area contributed by atoms with Crippen LogP contribution in [0.3, 0.4) is 0 Å². The Balaban J connectivity index is 1.92. The number of methoxy groups -OCH3 is 1. The van der Waals surface area contributed by atoms with Crippen molar-refractivity contribution in [1.82, 2.24) is 5.32 Å². The van der Waals surface area contributed by atoms with Crippen LogP contribution >= 0.6 is 11.8 Å². The molecular weight excluding hydrogens is 258 g/mol. The van der Waals surface area contributed by atoms with Crippen molar-refractivity contribution in [2.45, 2.75) is 48.8 Å². The normalized spacial score (nSPS) is 17.2. The maximum Gasteiger partial charge on any atom is 0.233 e. The van der Waals surface area contributed by atoms with E-state index in [2.05, 4.69) is 5.32 Å². The van der Waals surface area contributed by atoms with E-state index in [1.807, 2.05) is 31.2 Å². The molecule has 3 nitrogen and oxygen atoms in total. The highest BCUT2D eigenvalue weighted by Gasteiger charge is 2.21. The summed E-state index contributed by atoms with van der Waals surface area (Å²) in [6.07, 6.45) is 4.72. The quantitative estimate of drug-likeness (QED) is 0.841. The summed E-state index contributed by atoms with van der Waals surface area (Å²) in [5, 5.41) is 3.04. The van der Waals surface area contributed by atoms with Crippen LogP contribution in [0.1, 0.15) is 32.6 Å². The monoisotopic (exact) mass is 279 g/mol. The minimum Gasteiger partial charge on any atom is -0.496 e. The number of amides is 1. The molecule has 1 atom stereocenters. The smallest absolute Gasteiger partial charge is 0.233 e. The molecule has 1 aliphatic carbocycles. The number of para-hydroxylation sites is 1. The first-order valence-electron chi connectivity index (χ1n) is 6.80. The average molecular weight is 279 g/mol. The molecule has 1 aromatic rings. The molecule has 1 fully saturated rings. The number of benzene rings is 1. The van der Waals surface area contributed by atoms with Crippen molar-refractivity contribution in [3.63, 3.8) is 0 Å². The zero-order chi connectivity index (χ0) is 13.7. The van der Waals surface area contributed by atoms with Crippen LogP contribution in [0.5, 0.6) is 5.75 Å². The summed E-state index contributed by atoms with van der Waals surface area (Å²) in [5.74, 6) is 0.954. The minimum absolute atomic E-state index is 0.100. The first-order valence-corrected chi connectivity index (χ1v) is 7.68. The summed E-state index contributed by atoms with van der Waals surface area (Å²) in [5.41, 5.74) is 0. The predicted molar refractivity (Wildman–Crippen MR) is 78.7 cm³/mol. The molecule has 4 heteroatoms. The molecule has 2 rings (SSSR count). The van der Waals surface area contributed by atoms with Crippen LogP contribution in [0.15, 0.2) is 29.2 Å². The van der Waals surface area contributed by atoms with Crippen molar-refractivity contribution in [2.24, 2.45) is 0 Å². The van der Waals surface area contributed by atoms with Gasteiger partial charge in [-0.3, -0.25) is 4.79 Å². The number of carbonyl (C=O) groups excluding carboxylic acids is 1. The molecule has 0 spiro atoms. The molecular formula is C15H21NO2S. The molecule has 1 N–H and O–H groups in total. The minimum atomic E-state index is -0.100. The lowest BCUT2D eigenvalue weighted by atomic mass is 10.2. The van der Waals surface area contributed by atoms with E-state index in [1.54, 1.807) is 18.9 Å². The Bertz CT molecular complexity index is 430. The molecule has 0 radical (unpaired) electrons. The second-order valence-electron chi connectivity index (χ2n) is 4.90. The second kappa shape index (κ2) is 6.85. The number of ether oxygens (including phenoxy) is 1. The third kappa shape index (κ3) is 3.90. The largest absolute Gasteiger partial charge is 0.496 e. The van der Waals surface area contributed by atoms with E-state index in [-0.39, 0.29) is 11.2 Å². The van der Waals surface area contributed by atoms with E-state index < -0.39 is 0 Å². The van der Waals surface area contributed by atoms with Crippen LogP contribution in [0.25, 0.3) is 0 Å². The number of hydrogen-bond acceptors (Lipinski definition) is 3. The number of rotatable bonds is 5. The van der Waals surface area contributed by atoms with Gasteiger partial charge in [-0.2, -0.15) is 0 Å². The summed E-state index contributed by atoms with van der Waals surface area (Å²) in [7, 11) is 1.66. The second-order valence-corrected chi connectivity index (χ2v) is 6.28. The highest BCUT2D eigenvalue weighted by Crippen LogP contribution is 2.32. The SMILES string of the molecule is COc1ccccc1SC(C)C(=O)NC1CCCC1. The number of carbonyl (C=O) groups is 1. The van der Waals surface area contributed by atoms with Crippen LogP contribution in [0, 0.1) is 0 Å². The van der Waals surface area contributed by atoms with Gasteiger partial charge in [0.25, 0.3) is 0 Å². The predicted octanol–water partition coefficient (Wildman–Crippen LogP) is 3.23. The zero-order valence-corrected chi connectivity index (χ0v) is 12.3. The van der Waals surface area contributed by atoms with E-state index >= 15 is 0 Å². The van der Waals surface area contributed by atoms with Crippen molar-refractivity contribution >= 4 is 17.7 Å². The van der Waals surface area contributed by atoms with Gasteiger partial charge in [0.2, 0.25) is 5.91 Å². The Kier molecular flexibility index (Phi) is 5.14. The molecule has 1 aliphatic rings. The van der Waals surface area contributed by atoms with Crippen LogP contribution in [-0.2, 0) is 4.79 Å². The Morgan fingerprint density at radius 2 is 2.05 bits per heavy atom. The van der Waals surface area contributed by atoms with Crippen LogP contribution < -0.4 is 10.1 Å². The molecule has 1 amide bonds. The van der Waals surface area contributed by atoms with Gasteiger partial charge in [0.05, 0.1) is 17.3 Å². The fraction of sp³-hybridized carbons (Fsp3) is 0.533. The summed E-state index contributed by atoms with van der Waals surface area (Å²) < 4.78 is 5.31. The zero-order valence-electron chi connectivity index (χ0n) is 11.5. The molecule has 1 unspecified atom stereocenters. The maximum atomic E-state index is 12.1. The Morgan fingerprint density at radius 3 is 2.74 bits per heavy atom. The van der Waals surface area contributed by atoms with E-state index in [1.165, 1.54) is 12.8 Å². The Hall–Kier alpha value is -1.16. The molecule has 1 aromatic carbocycles. The number of thioether (sulfide) groups is 1. The van der Waals surface area contributed by atoms with Gasteiger partial charge in [0.15, 0.2) is 0 Å². The first-order chi connectivity index (χ1) is 9.20. The molecule has 0 aromatic heterocycles. The number of nitrogens with one attached hydrogen (secondary N) is 1. The lowest BCUT2D eigenvalue weighted by Crippen LogP contribution is -2.37. The van der Waals surface area contributed by atoms with Crippen molar-refractivity contribution in [1.29, 1.82) is 0 Å². The van der Waals surface area contributed by atoms with E-state index in [9.17, 15) is 4.79 Å². The molecule has 104 valence electrons. The molecule has 0 aliphatic heterocycles. The van der Waals surface area contributed by atoms with Gasteiger partial charge < -0.3 is 10.1 Å². The van der Waals surface area contributed by atoms with Gasteiger partial charge in [-0.1, -0.05) is 25.0 Å². The lowest BCUT2D eigenvalue weighted by molar-refractivity contribution is -0.120. The number of hydrogen-bond donors (Lipinski definition) is 1. The fourth-order valence-electron chi connectivity index (χ4n) is 2.35. The van der Waals surface area contributed by atoms with E-state index in [0.717, 1.165) is 23.5 Å². The third-order valence-corrected chi connectivity index (χ3v) is 4.60. The van der Waals surface area contributed by atoms with Crippen molar-refractivity contribution in [3.05, 3.63) is 24.3 Å². The summed E-state index contributed by atoms with van der Waals surface area (Å²) in [6, 6.07) is 8.19. The van der Waals surface area contributed by atoms with Crippen molar-refractivity contribution < 1.29 is 9.53 Å². The van der Waals surface area contributed by atoms with Crippen LogP contribution in [-0.4, -0.2) is 24.3 Å².